The maximum absolute atomic E-state index is 10.9. The molecule has 0 radical (unpaired) electrons. The van der Waals surface area contributed by atoms with Crippen molar-refractivity contribution < 1.29 is 13.7 Å². The predicted octanol–water partition coefficient (Wildman–Crippen LogP) is 1.95. The molecule has 1 N–H and O–H groups in total. The van der Waals surface area contributed by atoms with Crippen molar-refractivity contribution >= 4 is 10.8 Å². The molecule has 1 aromatic carbocycles. The lowest BCUT2D eigenvalue weighted by Crippen LogP contribution is -2.16. The van der Waals surface area contributed by atoms with E-state index in [9.17, 15) is 4.21 Å². The standard InChI is InChI=1S/C14H23NO3S/c1-4-18-14-10-12(6-7-13(14)17-2)11-15-8-5-9-19(3)16/h6-7,10,15H,4-5,8-9,11H2,1-3H3. The van der Waals surface area contributed by atoms with Crippen LogP contribution in [0.1, 0.15) is 18.9 Å². The maximum atomic E-state index is 10.9. The van der Waals surface area contributed by atoms with Crippen LogP contribution in [0.25, 0.3) is 0 Å². The Morgan fingerprint density at radius 1 is 1.32 bits per heavy atom. The quantitative estimate of drug-likeness (QED) is 0.705. The minimum absolute atomic E-state index is 0.621. The van der Waals surface area contributed by atoms with Crippen molar-refractivity contribution in [2.24, 2.45) is 0 Å². The smallest absolute Gasteiger partial charge is 0.161 e. The zero-order chi connectivity index (χ0) is 14.1. The fourth-order valence-electron chi connectivity index (χ4n) is 1.73. The highest BCUT2D eigenvalue weighted by Gasteiger charge is 2.05. The molecule has 4 nitrogen and oxygen atoms in total. The lowest BCUT2D eigenvalue weighted by molar-refractivity contribution is 0.310. The van der Waals surface area contributed by atoms with Gasteiger partial charge in [-0.15, -0.1) is 0 Å². The van der Waals surface area contributed by atoms with Gasteiger partial charge in [-0.1, -0.05) is 6.07 Å². The van der Waals surface area contributed by atoms with Crippen LogP contribution in [0.2, 0.25) is 0 Å². The van der Waals surface area contributed by atoms with E-state index in [2.05, 4.69) is 5.32 Å². The first-order valence-electron chi connectivity index (χ1n) is 6.47. The van der Waals surface area contributed by atoms with Crippen molar-refractivity contribution in [3.05, 3.63) is 23.8 Å². The Hall–Kier alpha value is -1.07. The van der Waals surface area contributed by atoms with Crippen LogP contribution < -0.4 is 14.8 Å². The van der Waals surface area contributed by atoms with Crippen molar-refractivity contribution in [3.63, 3.8) is 0 Å². The van der Waals surface area contributed by atoms with Gasteiger partial charge >= 0.3 is 0 Å². The van der Waals surface area contributed by atoms with Crippen LogP contribution in [0.15, 0.2) is 18.2 Å². The first-order valence-corrected chi connectivity index (χ1v) is 8.20. The minimum Gasteiger partial charge on any atom is -0.493 e. The van der Waals surface area contributed by atoms with Gasteiger partial charge < -0.3 is 14.8 Å². The first-order chi connectivity index (χ1) is 9.17. The molecule has 0 fully saturated rings. The van der Waals surface area contributed by atoms with Gasteiger partial charge in [-0.25, -0.2) is 0 Å². The highest BCUT2D eigenvalue weighted by atomic mass is 32.2. The van der Waals surface area contributed by atoms with Crippen molar-refractivity contribution in [2.75, 3.05) is 32.3 Å². The molecule has 0 saturated heterocycles. The molecule has 108 valence electrons. The summed E-state index contributed by atoms with van der Waals surface area (Å²) < 4.78 is 21.7. The Balaban J connectivity index is 2.45. The second-order valence-corrected chi connectivity index (χ2v) is 5.78. The topological polar surface area (TPSA) is 47.6 Å². The Bertz CT molecular complexity index is 410. The van der Waals surface area contributed by atoms with Crippen LogP contribution >= 0.6 is 0 Å². The summed E-state index contributed by atoms with van der Waals surface area (Å²) >= 11 is 0. The molecule has 1 atom stereocenters. The molecule has 5 heteroatoms. The zero-order valence-electron chi connectivity index (χ0n) is 11.9. The van der Waals surface area contributed by atoms with E-state index in [4.69, 9.17) is 9.47 Å². The summed E-state index contributed by atoms with van der Waals surface area (Å²) in [6.45, 7) is 4.22. The van der Waals surface area contributed by atoms with E-state index in [0.29, 0.717) is 6.61 Å². The largest absolute Gasteiger partial charge is 0.493 e. The molecule has 0 bridgehead atoms. The number of nitrogens with one attached hydrogen (secondary N) is 1. The van der Waals surface area contributed by atoms with Crippen LogP contribution in [0.5, 0.6) is 11.5 Å². The van der Waals surface area contributed by atoms with E-state index in [-0.39, 0.29) is 0 Å². The third-order valence-electron chi connectivity index (χ3n) is 2.64. The molecule has 0 saturated carbocycles. The number of hydrogen-bond donors (Lipinski definition) is 1. The fraction of sp³-hybridized carbons (Fsp3) is 0.571. The molecule has 0 aliphatic heterocycles. The highest BCUT2D eigenvalue weighted by Crippen LogP contribution is 2.27. The van der Waals surface area contributed by atoms with Crippen LogP contribution in [0.3, 0.4) is 0 Å². The lowest BCUT2D eigenvalue weighted by atomic mass is 10.2. The molecule has 0 aromatic heterocycles. The summed E-state index contributed by atoms with van der Waals surface area (Å²) in [4.78, 5) is 0. The molecule has 1 unspecified atom stereocenters. The normalized spacial score (nSPS) is 12.2. The van der Waals surface area contributed by atoms with Crippen LogP contribution in [-0.2, 0) is 17.3 Å². The lowest BCUT2D eigenvalue weighted by Gasteiger charge is -2.11. The summed E-state index contributed by atoms with van der Waals surface area (Å²) in [6, 6.07) is 5.93. The van der Waals surface area contributed by atoms with Gasteiger partial charge in [-0.2, -0.15) is 0 Å². The monoisotopic (exact) mass is 285 g/mol. The SMILES string of the molecule is CCOc1cc(CNCCCS(C)=O)ccc1OC. The van der Waals surface area contributed by atoms with Crippen LogP contribution in [-0.4, -0.2) is 36.5 Å². The third kappa shape index (κ3) is 6.07. The van der Waals surface area contributed by atoms with E-state index in [1.807, 2.05) is 25.1 Å². The molecule has 0 amide bonds. The van der Waals surface area contributed by atoms with Gasteiger partial charge in [0.15, 0.2) is 11.5 Å². The van der Waals surface area contributed by atoms with Gasteiger partial charge in [-0.3, -0.25) is 4.21 Å². The number of rotatable bonds is 9. The van der Waals surface area contributed by atoms with Crippen molar-refractivity contribution in [2.45, 2.75) is 19.9 Å². The van der Waals surface area contributed by atoms with E-state index in [0.717, 1.165) is 42.3 Å². The highest BCUT2D eigenvalue weighted by molar-refractivity contribution is 7.84. The summed E-state index contributed by atoms with van der Waals surface area (Å²) in [7, 11) is 0.939. The summed E-state index contributed by atoms with van der Waals surface area (Å²) in [5.41, 5.74) is 1.15. The molecule has 0 heterocycles. The van der Waals surface area contributed by atoms with Gasteiger partial charge in [0.2, 0.25) is 0 Å². The van der Waals surface area contributed by atoms with Crippen molar-refractivity contribution in [1.82, 2.24) is 5.32 Å². The van der Waals surface area contributed by atoms with Crippen molar-refractivity contribution in [3.8, 4) is 11.5 Å². The van der Waals surface area contributed by atoms with Crippen molar-refractivity contribution in [1.29, 1.82) is 0 Å². The molecule has 0 aliphatic rings. The third-order valence-corrected chi connectivity index (χ3v) is 3.51. The van der Waals surface area contributed by atoms with Gasteiger partial charge in [0, 0.05) is 29.4 Å². The Morgan fingerprint density at radius 2 is 2.11 bits per heavy atom. The fourth-order valence-corrected chi connectivity index (χ4v) is 2.28. The average molecular weight is 285 g/mol. The summed E-state index contributed by atoms with van der Waals surface area (Å²) in [5, 5.41) is 3.33. The van der Waals surface area contributed by atoms with E-state index in [1.54, 1.807) is 13.4 Å². The van der Waals surface area contributed by atoms with E-state index >= 15 is 0 Å². The van der Waals surface area contributed by atoms with Gasteiger partial charge in [-0.05, 0) is 37.6 Å². The first kappa shape index (κ1) is 16.0. The number of hydrogen-bond acceptors (Lipinski definition) is 4. The molecule has 0 aliphatic carbocycles. The Kier molecular flexibility index (Phi) is 7.52. The Morgan fingerprint density at radius 3 is 2.74 bits per heavy atom. The minimum atomic E-state index is -0.701. The molecule has 0 spiro atoms. The van der Waals surface area contributed by atoms with Gasteiger partial charge in [0.1, 0.15) is 0 Å². The molecule has 1 aromatic rings. The summed E-state index contributed by atoms with van der Waals surface area (Å²) in [6.07, 6.45) is 2.66. The number of methoxy groups -OCH3 is 1. The van der Waals surface area contributed by atoms with Crippen LogP contribution in [0.4, 0.5) is 0 Å². The number of benzene rings is 1. The maximum Gasteiger partial charge on any atom is 0.161 e. The average Bonchev–Trinajstić information content (AvgIpc) is 2.39. The molecule has 1 rings (SSSR count). The number of ether oxygens (including phenoxy) is 2. The second kappa shape index (κ2) is 8.93. The zero-order valence-corrected chi connectivity index (χ0v) is 12.7. The van der Waals surface area contributed by atoms with E-state index in [1.165, 1.54) is 0 Å². The van der Waals surface area contributed by atoms with E-state index < -0.39 is 10.8 Å². The molecule has 19 heavy (non-hydrogen) atoms. The Labute approximate surface area is 118 Å². The second-order valence-electron chi connectivity index (χ2n) is 4.23. The predicted molar refractivity (Wildman–Crippen MR) is 79.4 cm³/mol. The summed E-state index contributed by atoms with van der Waals surface area (Å²) in [5.74, 6) is 2.28. The molecular formula is C14H23NO3S. The van der Waals surface area contributed by atoms with Crippen LogP contribution in [0, 0.1) is 0 Å². The van der Waals surface area contributed by atoms with Gasteiger partial charge in [0.25, 0.3) is 0 Å². The van der Waals surface area contributed by atoms with Gasteiger partial charge in [0.05, 0.1) is 13.7 Å². The molecular weight excluding hydrogens is 262 g/mol.